The summed E-state index contributed by atoms with van der Waals surface area (Å²) in [7, 11) is 0. The molecule has 0 unspecified atom stereocenters. The van der Waals surface area contributed by atoms with Gasteiger partial charge in [0.1, 0.15) is 0 Å². The summed E-state index contributed by atoms with van der Waals surface area (Å²) >= 11 is 0. The molecule has 0 heterocycles. The summed E-state index contributed by atoms with van der Waals surface area (Å²) in [6.07, 6.45) is 0. The Labute approximate surface area is 357 Å². The quantitative estimate of drug-likeness (QED) is 0.157. The van der Waals surface area contributed by atoms with Crippen LogP contribution in [0.2, 0.25) is 0 Å². The standard InChI is InChI=1S/C62H34/c1-2-9-42-34-43(23-18-35(42)8-1)44-32-33-53-58-45(44)16-7-17-52(58)61-59(50-30-26-40-21-19-36-10-5-12-38-24-28-48(50)56(40)54(36)38)46-14-3-4-15-47(46)60(62(53)61)51-31-27-41-22-20-37-11-6-13-39-25-29-49(51)57(41)55(37)39/h1-34H. The lowest BCUT2D eigenvalue weighted by molar-refractivity contribution is 1.67. The largest absolute Gasteiger partial charge is 0.0616 e. The Morgan fingerprint density at radius 1 is 0.177 bits per heavy atom. The Morgan fingerprint density at radius 3 is 1.16 bits per heavy atom. The highest BCUT2D eigenvalue weighted by Crippen LogP contribution is 2.60. The van der Waals surface area contributed by atoms with Crippen molar-refractivity contribution in [3.8, 4) is 55.6 Å². The monoisotopic (exact) mass is 778 g/mol. The molecule has 62 heavy (non-hydrogen) atoms. The van der Waals surface area contributed by atoms with Gasteiger partial charge in [-0.2, -0.15) is 0 Å². The first-order valence-electron chi connectivity index (χ1n) is 21.7. The Balaban J connectivity index is 1.12. The van der Waals surface area contributed by atoms with Crippen LogP contribution in [0.5, 0.6) is 0 Å². The van der Waals surface area contributed by atoms with Gasteiger partial charge in [-0.3, -0.25) is 0 Å². The molecule has 0 bridgehead atoms. The third-order valence-electron chi connectivity index (χ3n) is 14.5. The maximum Gasteiger partial charge on any atom is -0.000718 e. The van der Waals surface area contributed by atoms with E-state index in [0.717, 1.165) is 0 Å². The molecule has 0 fully saturated rings. The van der Waals surface area contributed by atoms with E-state index in [1.165, 1.54) is 153 Å². The Morgan fingerprint density at radius 2 is 0.565 bits per heavy atom. The zero-order valence-electron chi connectivity index (χ0n) is 33.6. The Bertz CT molecular complexity index is 4030. The topological polar surface area (TPSA) is 0 Å². The van der Waals surface area contributed by atoms with Gasteiger partial charge < -0.3 is 0 Å². The molecule has 1 aliphatic carbocycles. The summed E-state index contributed by atoms with van der Waals surface area (Å²) in [5.74, 6) is 0. The fourth-order valence-corrected chi connectivity index (χ4v) is 11.9. The molecule has 0 heteroatoms. The maximum atomic E-state index is 2.43. The van der Waals surface area contributed by atoms with E-state index in [2.05, 4.69) is 206 Å². The van der Waals surface area contributed by atoms with Gasteiger partial charge in [-0.25, -0.2) is 0 Å². The van der Waals surface area contributed by atoms with Crippen LogP contribution in [-0.4, -0.2) is 0 Å². The Kier molecular flexibility index (Phi) is 6.24. The molecule has 0 aromatic heterocycles. The lowest BCUT2D eigenvalue weighted by atomic mass is 9.79. The van der Waals surface area contributed by atoms with Gasteiger partial charge in [0.05, 0.1) is 0 Å². The maximum absolute atomic E-state index is 2.43. The van der Waals surface area contributed by atoms with E-state index < -0.39 is 0 Å². The minimum atomic E-state index is 1.24. The number of benzene rings is 14. The molecule has 0 spiro atoms. The number of rotatable bonds is 3. The number of hydrogen-bond donors (Lipinski definition) is 0. The molecule has 0 nitrogen and oxygen atoms in total. The molecule has 15 rings (SSSR count). The molecule has 0 saturated heterocycles. The minimum absolute atomic E-state index is 1.24. The van der Waals surface area contributed by atoms with Crippen molar-refractivity contribution in [3.05, 3.63) is 206 Å². The molecule has 282 valence electrons. The molecule has 14 aromatic carbocycles. The molecular formula is C62H34. The van der Waals surface area contributed by atoms with Crippen molar-refractivity contribution < 1.29 is 0 Å². The smallest absolute Gasteiger partial charge is 0.000718 e. The second-order valence-electron chi connectivity index (χ2n) is 17.4. The second-order valence-corrected chi connectivity index (χ2v) is 17.4. The zero-order chi connectivity index (χ0) is 40.2. The van der Waals surface area contributed by atoms with E-state index in [9.17, 15) is 0 Å². The summed E-state index contributed by atoms with van der Waals surface area (Å²) in [4.78, 5) is 0. The van der Waals surface area contributed by atoms with Crippen molar-refractivity contribution in [1.29, 1.82) is 0 Å². The third kappa shape index (κ3) is 4.16. The van der Waals surface area contributed by atoms with Crippen molar-refractivity contribution in [2.24, 2.45) is 0 Å². The fraction of sp³-hybridized carbons (Fsp3) is 0. The van der Waals surface area contributed by atoms with E-state index in [0.29, 0.717) is 0 Å². The molecule has 0 saturated carbocycles. The van der Waals surface area contributed by atoms with E-state index in [1.54, 1.807) is 0 Å². The lowest BCUT2D eigenvalue weighted by Gasteiger charge is -2.23. The average molecular weight is 779 g/mol. The summed E-state index contributed by atoms with van der Waals surface area (Å²) in [6.45, 7) is 0. The van der Waals surface area contributed by atoms with E-state index in [4.69, 9.17) is 0 Å². The van der Waals surface area contributed by atoms with Crippen LogP contribution in [0.15, 0.2) is 206 Å². The van der Waals surface area contributed by atoms with Crippen LogP contribution in [0.3, 0.4) is 0 Å². The predicted octanol–water partition coefficient (Wildman–Crippen LogP) is 17.6. The third-order valence-corrected chi connectivity index (χ3v) is 14.5. The van der Waals surface area contributed by atoms with Crippen LogP contribution in [0.4, 0.5) is 0 Å². The molecule has 1 aliphatic rings. The SMILES string of the molecule is c1ccc2cc(-c3ccc4c5c(cccc35)-c3c-4c(-c4ccc5ccc6cccc7ccc4c5c67)c4ccccc4c3-c3ccc4ccc5cccc6ccc3c4c56)ccc2c1. The van der Waals surface area contributed by atoms with Crippen molar-refractivity contribution in [3.63, 3.8) is 0 Å². The number of fused-ring (bicyclic) bond motifs is 5. The summed E-state index contributed by atoms with van der Waals surface area (Å²) in [6, 6.07) is 78.3. The molecule has 0 N–H and O–H groups in total. The molecule has 0 amide bonds. The van der Waals surface area contributed by atoms with Gasteiger partial charge in [-0.05, 0) is 159 Å². The first-order valence-corrected chi connectivity index (χ1v) is 21.7. The van der Waals surface area contributed by atoms with Gasteiger partial charge in [0.15, 0.2) is 0 Å². The van der Waals surface area contributed by atoms with Crippen LogP contribution in [-0.2, 0) is 0 Å². The highest BCUT2D eigenvalue weighted by Gasteiger charge is 2.32. The molecule has 0 aliphatic heterocycles. The van der Waals surface area contributed by atoms with Crippen LogP contribution >= 0.6 is 0 Å². The minimum Gasteiger partial charge on any atom is -0.0616 e. The average Bonchev–Trinajstić information content (AvgIpc) is 3.66. The van der Waals surface area contributed by atoms with Crippen LogP contribution in [0, 0.1) is 0 Å². The van der Waals surface area contributed by atoms with E-state index >= 15 is 0 Å². The van der Waals surface area contributed by atoms with E-state index in [-0.39, 0.29) is 0 Å². The number of hydrogen-bond acceptors (Lipinski definition) is 0. The van der Waals surface area contributed by atoms with Crippen LogP contribution < -0.4 is 0 Å². The van der Waals surface area contributed by atoms with Crippen molar-refractivity contribution in [1.82, 2.24) is 0 Å². The second kappa shape index (κ2) is 11.8. The van der Waals surface area contributed by atoms with Gasteiger partial charge in [-0.1, -0.05) is 200 Å². The van der Waals surface area contributed by atoms with Gasteiger partial charge >= 0.3 is 0 Å². The Hall–Kier alpha value is -8.06. The summed E-state index contributed by atoms with van der Waals surface area (Å²) in [5, 5.41) is 23.4. The van der Waals surface area contributed by atoms with Crippen LogP contribution in [0.25, 0.3) is 153 Å². The highest BCUT2D eigenvalue weighted by atomic mass is 14.3. The molecule has 0 atom stereocenters. The van der Waals surface area contributed by atoms with Crippen molar-refractivity contribution in [2.75, 3.05) is 0 Å². The summed E-state index contributed by atoms with van der Waals surface area (Å²) < 4.78 is 0. The van der Waals surface area contributed by atoms with Gasteiger partial charge in [0.25, 0.3) is 0 Å². The van der Waals surface area contributed by atoms with Crippen LogP contribution in [0.1, 0.15) is 0 Å². The van der Waals surface area contributed by atoms with Crippen molar-refractivity contribution >= 4 is 97.0 Å². The van der Waals surface area contributed by atoms with Crippen molar-refractivity contribution in [2.45, 2.75) is 0 Å². The zero-order valence-corrected chi connectivity index (χ0v) is 33.6. The molecule has 0 radical (unpaired) electrons. The normalized spacial score (nSPS) is 12.5. The van der Waals surface area contributed by atoms with Gasteiger partial charge in [0.2, 0.25) is 0 Å². The molecular weight excluding hydrogens is 745 g/mol. The highest BCUT2D eigenvalue weighted by molar-refractivity contribution is 6.34. The van der Waals surface area contributed by atoms with Gasteiger partial charge in [-0.15, -0.1) is 0 Å². The van der Waals surface area contributed by atoms with Gasteiger partial charge in [0, 0.05) is 0 Å². The first kappa shape index (κ1) is 32.8. The lowest BCUT2D eigenvalue weighted by Crippen LogP contribution is -1.96. The predicted molar refractivity (Wildman–Crippen MR) is 267 cm³/mol. The summed E-state index contributed by atoms with van der Waals surface area (Å²) in [5.41, 5.74) is 13.0. The first-order chi connectivity index (χ1) is 30.8. The molecule has 14 aromatic rings. The fourth-order valence-electron chi connectivity index (χ4n) is 11.9. The van der Waals surface area contributed by atoms with E-state index in [1.807, 2.05) is 0 Å².